The number of benzene rings is 1. The largest absolute Gasteiger partial charge is 0.480 e. The minimum atomic E-state index is -1.19. The van der Waals surface area contributed by atoms with Crippen LogP contribution in [0.2, 0.25) is 0 Å². The lowest BCUT2D eigenvalue weighted by Gasteiger charge is -2.04. The molecule has 3 N–H and O–H groups in total. The molecule has 0 amide bonds. The first-order valence-corrected chi connectivity index (χ1v) is 6.24. The predicted octanol–water partition coefficient (Wildman–Crippen LogP) is 0.643. The number of aromatic nitrogens is 2. The summed E-state index contributed by atoms with van der Waals surface area (Å²) in [6, 6.07) is 2.05. The minimum absolute atomic E-state index is 0.0525. The van der Waals surface area contributed by atoms with E-state index in [4.69, 9.17) is 10.8 Å². The van der Waals surface area contributed by atoms with Gasteiger partial charge in [0.05, 0.1) is 27.9 Å². The van der Waals surface area contributed by atoms with Crippen molar-refractivity contribution in [2.45, 2.75) is 12.5 Å². The Balaban J connectivity index is 2.39. The number of hydrogen-bond acceptors (Lipinski definition) is 7. The van der Waals surface area contributed by atoms with Gasteiger partial charge in [0.25, 0.3) is 11.4 Å². The molecule has 0 spiro atoms. The highest BCUT2D eigenvalue weighted by Gasteiger charge is 2.21. The number of nitro benzene ring substituents is 2. The van der Waals surface area contributed by atoms with Crippen LogP contribution in [0.25, 0.3) is 5.69 Å². The van der Waals surface area contributed by atoms with Crippen molar-refractivity contribution < 1.29 is 19.7 Å². The molecule has 1 atom stereocenters. The molecule has 1 heterocycles. The fraction of sp³-hybridized carbons (Fsp3) is 0.167. The molecule has 11 nitrogen and oxygen atoms in total. The van der Waals surface area contributed by atoms with Crippen molar-refractivity contribution in [3.8, 4) is 5.69 Å². The first-order valence-electron chi connectivity index (χ1n) is 6.24. The summed E-state index contributed by atoms with van der Waals surface area (Å²) in [7, 11) is 0. The lowest BCUT2D eigenvalue weighted by molar-refractivity contribution is -0.394. The molecule has 120 valence electrons. The van der Waals surface area contributed by atoms with Gasteiger partial charge in [0, 0.05) is 18.7 Å². The monoisotopic (exact) mass is 321 g/mol. The number of hydrogen-bond donors (Lipinski definition) is 2. The summed E-state index contributed by atoms with van der Waals surface area (Å²) in [6.45, 7) is 0. The van der Waals surface area contributed by atoms with E-state index in [9.17, 15) is 25.0 Å². The van der Waals surface area contributed by atoms with Gasteiger partial charge in [-0.3, -0.25) is 29.6 Å². The van der Waals surface area contributed by atoms with Crippen molar-refractivity contribution in [2.24, 2.45) is 5.73 Å². The number of nitrogens with two attached hydrogens (primary N) is 1. The number of carboxylic acids is 1. The Morgan fingerprint density at radius 3 is 2.61 bits per heavy atom. The van der Waals surface area contributed by atoms with E-state index in [2.05, 4.69) is 4.98 Å². The maximum absolute atomic E-state index is 11.1. The average molecular weight is 321 g/mol. The fourth-order valence-electron chi connectivity index (χ4n) is 1.90. The molecule has 0 bridgehead atoms. The number of rotatable bonds is 6. The highest BCUT2D eigenvalue weighted by atomic mass is 16.6. The molecule has 1 unspecified atom stereocenters. The molecule has 2 aromatic rings. The Bertz CT molecular complexity index is 786. The van der Waals surface area contributed by atoms with Crippen LogP contribution in [0.4, 0.5) is 11.4 Å². The van der Waals surface area contributed by atoms with Crippen LogP contribution in [0.1, 0.15) is 5.69 Å². The van der Waals surface area contributed by atoms with Crippen LogP contribution in [-0.4, -0.2) is 36.5 Å². The molecule has 0 aliphatic rings. The molecular formula is C12H11N5O6. The maximum atomic E-state index is 11.1. The van der Waals surface area contributed by atoms with Crippen LogP contribution in [0, 0.1) is 20.2 Å². The molecule has 1 aromatic carbocycles. The quantitative estimate of drug-likeness (QED) is 0.577. The molecular weight excluding hydrogens is 310 g/mol. The van der Waals surface area contributed by atoms with E-state index in [1.54, 1.807) is 0 Å². The molecule has 0 saturated heterocycles. The summed E-state index contributed by atoms with van der Waals surface area (Å²) in [5.74, 6) is -1.19. The molecule has 0 aliphatic heterocycles. The Morgan fingerprint density at radius 2 is 2.04 bits per heavy atom. The number of nitrogens with zero attached hydrogens (tertiary/aromatic N) is 4. The van der Waals surface area contributed by atoms with E-state index in [0.29, 0.717) is 5.69 Å². The van der Waals surface area contributed by atoms with Gasteiger partial charge in [0.1, 0.15) is 11.7 Å². The summed E-state index contributed by atoms with van der Waals surface area (Å²) in [6.07, 6.45) is 2.58. The van der Waals surface area contributed by atoms with Gasteiger partial charge in [0.2, 0.25) is 0 Å². The number of aliphatic carboxylic acids is 1. The number of imidazole rings is 1. The minimum Gasteiger partial charge on any atom is -0.480 e. The fourth-order valence-corrected chi connectivity index (χ4v) is 1.90. The molecule has 0 fully saturated rings. The first kappa shape index (κ1) is 16.0. The first-order chi connectivity index (χ1) is 10.8. The predicted molar refractivity (Wildman–Crippen MR) is 76.2 cm³/mol. The standard InChI is InChI=1S/C12H11N5O6/c13-9(12(18)19)3-7-5-15(6-14-7)10-2-1-8(16(20)21)4-11(10)17(22)23/h1-2,4-6,9H,3,13H2,(H,18,19). The zero-order valence-corrected chi connectivity index (χ0v) is 11.5. The molecule has 0 saturated carbocycles. The van der Waals surface area contributed by atoms with Crippen LogP contribution in [0.15, 0.2) is 30.7 Å². The highest BCUT2D eigenvalue weighted by molar-refractivity contribution is 5.73. The van der Waals surface area contributed by atoms with E-state index in [1.807, 2.05) is 0 Å². The van der Waals surface area contributed by atoms with Gasteiger partial charge < -0.3 is 10.8 Å². The van der Waals surface area contributed by atoms with Gasteiger partial charge in [-0.25, -0.2) is 4.98 Å². The zero-order chi connectivity index (χ0) is 17.1. The number of non-ortho nitro benzene ring substituents is 1. The Labute approximate surface area is 128 Å². The Kier molecular flexibility index (Phi) is 4.32. The van der Waals surface area contributed by atoms with Crippen LogP contribution >= 0.6 is 0 Å². The summed E-state index contributed by atoms with van der Waals surface area (Å²) in [4.78, 5) is 35.0. The lowest BCUT2D eigenvalue weighted by atomic mass is 10.2. The lowest BCUT2D eigenvalue weighted by Crippen LogP contribution is -2.32. The topological polar surface area (TPSA) is 167 Å². The van der Waals surface area contributed by atoms with Crippen molar-refractivity contribution in [3.63, 3.8) is 0 Å². The number of carbonyl (C=O) groups is 1. The molecule has 2 rings (SSSR count). The van der Waals surface area contributed by atoms with Gasteiger partial charge >= 0.3 is 5.97 Å². The average Bonchev–Trinajstić information content (AvgIpc) is 2.94. The molecule has 0 aliphatic carbocycles. The van der Waals surface area contributed by atoms with Gasteiger partial charge in [0.15, 0.2) is 0 Å². The molecule has 23 heavy (non-hydrogen) atoms. The van der Waals surface area contributed by atoms with Crippen LogP contribution in [0.3, 0.4) is 0 Å². The van der Waals surface area contributed by atoms with Crippen molar-refractivity contribution in [2.75, 3.05) is 0 Å². The smallest absolute Gasteiger partial charge is 0.320 e. The summed E-state index contributed by atoms with van der Waals surface area (Å²) < 4.78 is 1.28. The van der Waals surface area contributed by atoms with Gasteiger partial charge in [-0.15, -0.1) is 0 Å². The van der Waals surface area contributed by atoms with Crippen LogP contribution in [-0.2, 0) is 11.2 Å². The van der Waals surface area contributed by atoms with E-state index in [1.165, 1.54) is 23.2 Å². The van der Waals surface area contributed by atoms with Crippen LogP contribution in [0.5, 0.6) is 0 Å². The summed E-state index contributed by atoms with van der Waals surface area (Å²) in [5, 5.41) is 30.6. The maximum Gasteiger partial charge on any atom is 0.320 e. The second-order valence-corrected chi connectivity index (χ2v) is 4.61. The molecule has 1 aromatic heterocycles. The van der Waals surface area contributed by atoms with E-state index >= 15 is 0 Å². The van der Waals surface area contributed by atoms with Crippen LogP contribution < -0.4 is 5.73 Å². The van der Waals surface area contributed by atoms with Crippen molar-refractivity contribution in [1.29, 1.82) is 0 Å². The zero-order valence-electron chi connectivity index (χ0n) is 11.5. The van der Waals surface area contributed by atoms with Crippen molar-refractivity contribution in [1.82, 2.24) is 9.55 Å². The Hall–Kier alpha value is -3.34. The molecule has 0 radical (unpaired) electrons. The summed E-state index contributed by atoms with van der Waals surface area (Å²) in [5.41, 5.74) is 4.92. The molecule has 11 heteroatoms. The summed E-state index contributed by atoms with van der Waals surface area (Å²) >= 11 is 0. The van der Waals surface area contributed by atoms with Gasteiger partial charge in [-0.05, 0) is 6.07 Å². The number of carboxylic acid groups (broad SMARTS) is 1. The van der Waals surface area contributed by atoms with Crippen molar-refractivity contribution >= 4 is 17.3 Å². The third kappa shape index (κ3) is 3.47. The van der Waals surface area contributed by atoms with Crippen molar-refractivity contribution in [3.05, 3.63) is 56.6 Å². The van der Waals surface area contributed by atoms with Gasteiger partial charge in [-0.2, -0.15) is 0 Å². The van der Waals surface area contributed by atoms with Gasteiger partial charge in [-0.1, -0.05) is 0 Å². The third-order valence-corrected chi connectivity index (χ3v) is 3.03. The third-order valence-electron chi connectivity index (χ3n) is 3.03. The van der Waals surface area contributed by atoms with E-state index < -0.39 is 33.2 Å². The normalized spacial score (nSPS) is 11.9. The van der Waals surface area contributed by atoms with E-state index in [0.717, 1.165) is 12.1 Å². The SMILES string of the molecule is NC(Cc1cn(-c2ccc([N+](=O)[O-])cc2[N+](=O)[O-])cn1)C(=O)O. The Morgan fingerprint density at radius 1 is 1.35 bits per heavy atom. The number of nitro groups is 2. The second-order valence-electron chi connectivity index (χ2n) is 4.61. The second kappa shape index (κ2) is 6.19. The highest BCUT2D eigenvalue weighted by Crippen LogP contribution is 2.27. The van der Waals surface area contributed by atoms with E-state index in [-0.39, 0.29) is 12.1 Å².